The lowest BCUT2D eigenvalue weighted by Gasteiger charge is -2.32. The molecule has 0 saturated carbocycles. The SMILES string of the molecule is CNC(=O)COc1cccc(-c2nc3ncc(Cl)c(NC4CCN(Cc5cccs5)CC4)c3[nH]2)c1. The van der Waals surface area contributed by atoms with Gasteiger partial charge in [-0.25, -0.2) is 9.97 Å². The van der Waals surface area contributed by atoms with E-state index in [0.717, 1.165) is 49.2 Å². The highest BCUT2D eigenvalue weighted by atomic mass is 35.5. The number of thiophene rings is 1. The number of ether oxygens (including phenoxy) is 1. The van der Waals surface area contributed by atoms with Gasteiger partial charge < -0.3 is 20.4 Å². The summed E-state index contributed by atoms with van der Waals surface area (Å²) in [6.45, 7) is 3.05. The molecule has 8 nitrogen and oxygen atoms in total. The van der Waals surface area contributed by atoms with Crippen molar-refractivity contribution in [3.8, 4) is 17.1 Å². The van der Waals surface area contributed by atoms with Crippen molar-refractivity contribution in [3.63, 3.8) is 0 Å². The molecule has 4 heterocycles. The van der Waals surface area contributed by atoms with Crippen LogP contribution in [0, 0.1) is 0 Å². The number of nitrogens with one attached hydrogen (secondary N) is 3. The Kier molecular flexibility index (Phi) is 7.17. The first-order valence-electron chi connectivity index (χ1n) is 11.6. The second-order valence-corrected chi connectivity index (χ2v) is 9.97. The number of likely N-dealkylation sites (tertiary alicyclic amines) is 1. The normalized spacial score (nSPS) is 14.8. The Balaban J connectivity index is 1.30. The van der Waals surface area contributed by atoms with Crippen LogP contribution in [0.1, 0.15) is 17.7 Å². The second-order valence-electron chi connectivity index (χ2n) is 8.53. The van der Waals surface area contributed by atoms with Gasteiger partial charge in [0, 0.05) is 43.2 Å². The van der Waals surface area contributed by atoms with Gasteiger partial charge in [0.05, 0.1) is 16.9 Å². The quantitative estimate of drug-likeness (QED) is 0.322. The molecule has 0 spiro atoms. The van der Waals surface area contributed by atoms with Gasteiger partial charge in [-0.05, 0) is 36.4 Å². The first-order chi connectivity index (χ1) is 17.1. The number of fused-ring (bicyclic) bond motifs is 1. The van der Waals surface area contributed by atoms with E-state index in [2.05, 4.69) is 48.0 Å². The summed E-state index contributed by atoms with van der Waals surface area (Å²) in [4.78, 5) is 27.9. The summed E-state index contributed by atoms with van der Waals surface area (Å²) in [5, 5.41) is 8.89. The smallest absolute Gasteiger partial charge is 0.257 e. The highest BCUT2D eigenvalue weighted by molar-refractivity contribution is 7.09. The number of amides is 1. The Morgan fingerprint density at radius 2 is 2.14 bits per heavy atom. The van der Waals surface area contributed by atoms with Gasteiger partial charge in [-0.2, -0.15) is 0 Å². The largest absolute Gasteiger partial charge is 0.484 e. The number of anilines is 1. The molecule has 0 atom stereocenters. The van der Waals surface area contributed by atoms with Crippen LogP contribution in [-0.4, -0.2) is 58.5 Å². The summed E-state index contributed by atoms with van der Waals surface area (Å²) < 4.78 is 5.57. The van der Waals surface area contributed by atoms with Gasteiger partial charge in [0.15, 0.2) is 12.3 Å². The molecule has 4 aromatic rings. The lowest BCUT2D eigenvalue weighted by molar-refractivity contribution is -0.122. The number of imidazole rings is 1. The Hall–Kier alpha value is -3.14. The van der Waals surface area contributed by atoms with Gasteiger partial charge >= 0.3 is 0 Å². The Labute approximate surface area is 212 Å². The number of aromatic nitrogens is 3. The molecule has 1 aliphatic rings. The number of hydrogen-bond acceptors (Lipinski definition) is 7. The van der Waals surface area contributed by atoms with Crippen LogP contribution < -0.4 is 15.4 Å². The third kappa shape index (κ3) is 5.58. The van der Waals surface area contributed by atoms with E-state index in [-0.39, 0.29) is 12.5 Å². The van der Waals surface area contributed by atoms with Gasteiger partial charge in [0.1, 0.15) is 17.1 Å². The Bertz CT molecular complexity index is 1300. The molecule has 182 valence electrons. The molecule has 1 aliphatic heterocycles. The minimum Gasteiger partial charge on any atom is -0.484 e. The lowest BCUT2D eigenvalue weighted by atomic mass is 10.0. The number of pyridine rings is 1. The number of nitrogens with zero attached hydrogens (tertiary/aromatic N) is 3. The number of rotatable bonds is 8. The zero-order valence-electron chi connectivity index (χ0n) is 19.4. The molecule has 1 amide bonds. The van der Waals surface area contributed by atoms with E-state index < -0.39 is 0 Å². The Morgan fingerprint density at radius 1 is 1.29 bits per heavy atom. The molecule has 3 aromatic heterocycles. The third-order valence-corrected chi connectivity index (χ3v) is 7.27. The van der Waals surface area contributed by atoms with Gasteiger partial charge in [-0.3, -0.25) is 9.69 Å². The standard InChI is InChI=1S/C25H27ClN6O2S/c1-27-21(33)15-34-18-5-2-4-16(12-18)24-30-23-22(20(26)13-28-25(23)31-24)29-17-7-9-32(10-8-17)14-19-6-3-11-35-19/h2-6,11-13,17H,7-10,14-15H2,1H3,(H,27,33)(H2,28,29,30,31). The molecule has 35 heavy (non-hydrogen) atoms. The van der Waals surface area contributed by atoms with Crippen molar-refractivity contribution >= 4 is 45.7 Å². The van der Waals surface area contributed by atoms with Crippen molar-refractivity contribution in [3.05, 3.63) is 57.9 Å². The van der Waals surface area contributed by atoms with E-state index in [1.807, 2.05) is 35.6 Å². The fourth-order valence-electron chi connectivity index (χ4n) is 4.23. The molecule has 1 fully saturated rings. The van der Waals surface area contributed by atoms with E-state index in [1.54, 1.807) is 13.2 Å². The van der Waals surface area contributed by atoms with Crippen LogP contribution >= 0.6 is 22.9 Å². The van der Waals surface area contributed by atoms with Crippen LogP contribution in [0.5, 0.6) is 5.75 Å². The summed E-state index contributed by atoms with van der Waals surface area (Å²) in [6.07, 6.45) is 3.72. The van der Waals surface area contributed by atoms with Crippen LogP contribution in [0.3, 0.4) is 0 Å². The van der Waals surface area contributed by atoms with Crippen molar-refractivity contribution in [2.24, 2.45) is 0 Å². The summed E-state index contributed by atoms with van der Waals surface area (Å²) in [7, 11) is 1.58. The van der Waals surface area contributed by atoms with Gasteiger partial charge in [0.2, 0.25) is 0 Å². The first kappa shape index (κ1) is 23.6. The number of H-pyrrole nitrogens is 1. The molecule has 0 radical (unpaired) electrons. The molecule has 0 bridgehead atoms. The van der Waals surface area contributed by atoms with Crippen LogP contribution in [-0.2, 0) is 11.3 Å². The molecular formula is C25H27ClN6O2S. The predicted octanol–water partition coefficient (Wildman–Crippen LogP) is 4.54. The first-order valence-corrected chi connectivity index (χ1v) is 12.8. The van der Waals surface area contributed by atoms with Crippen molar-refractivity contribution in [1.82, 2.24) is 25.2 Å². The zero-order valence-corrected chi connectivity index (χ0v) is 21.0. The van der Waals surface area contributed by atoms with E-state index in [4.69, 9.17) is 16.3 Å². The number of hydrogen-bond donors (Lipinski definition) is 3. The number of piperidine rings is 1. The number of likely N-dealkylation sites (N-methyl/N-ethyl adjacent to an activating group) is 1. The van der Waals surface area contributed by atoms with Crippen LogP contribution in [0.4, 0.5) is 5.69 Å². The molecule has 1 aromatic carbocycles. The molecule has 1 saturated heterocycles. The zero-order chi connectivity index (χ0) is 24.2. The highest BCUT2D eigenvalue weighted by Crippen LogP contribution is 2.33. The average molecular weight is 511 g/mol. The fraction of sp³-hybridized carbons (Fsp3) is 0.320. The predicted molar refractivity (Wildman–Crippen MR) is 140 cm³/mol. The summed E-state index contributed by atoms with van der Waals surface area (Å²) >= 11 is 8.38. The maximum Gasteiger partial charge on any atom is 0.257 e. The van der Waals surface area contributed by atoms with Crippen molar-refractivity contribution in [1.29, 1.82) is 0 Å². The lowest BCUT2D eigenvalue weighted by Crippen LogP contribution is -2.38. The Morgan fingerprint density at radius 3 is 2.91 bits per heavy atom. The number of aromatic amines is 1. The fourth-order valence-corrected chi connectivity index (χ4v) is 5.17. The van der Waals surface area contributed by atoms with E-state index >= 15 is 0 Å². The van der Waals surface area contributed by atoms with Gasteiger partial charge in [0.25, 0.3) is 5.91 Å². The van der Waals surface area contributed by atoms with Crippen molar-refractivity contribution in [2.45, 2.75) is 25.4 Å². The van der Waals surface area contributed by atoms with Crippen molar-refractivity contribution in [2.75, 3.05) is 32.1 Å². The number of carbonyl (C=O) groups excluding carboxylic acids is 1. The average Bonchev–Trinajstić information content (AvgIpc) is 3.56. The monoisotopic (exact) mass is 510 g/mol. The molecule has 0 unspecified atom stereocenters. The maximum absolute atomic E-state index is 11.5. The molecule has 3 N–H and O–H groups in total. The highest BCUT2D eigenvalue weighted by Gasteiger charge is 2.22. The molecular weight excluding hydrogens is 484 g/mol. The number of benzene rings is 1. The summed E-state index contributed by atoms with van der Waals surface area (Å²) in [5.41, 5.74) is 3.05. The maximum atomic E-state index is 11.5. The molecule has 5 rings (SSSR count). The number of halogens is 1. The van der Waals surface area contributed by atoms with Crippen LogP contribution in [0.15, 0.2) is 48.0 Å². The third-order valence-electron chi connectivity index (χ3n) is 6.13. The summed E-state index contributed by atoms with van der Waals surface area (Å²) in [6, 6.07) is 12.1. The molecule has 0 aliphatic carbocycles. The summed E-state index contributed by atoms with van der Waals surface area (Å²) in [5.74, 6) is 1.06. The van der Waals surface area contributed by atoms with Gasteiger partial charge in [-0.15, -0.1) is 11.3 Å². The van der Waals surface area contributed by atoms with Crippen LogP contribution in [0.25, 0.3) is 22.6 Å². The van der Waals surface area contributed by atoms with Crippen molar-refractivity contribution < 1.29 is 9.53 Å². The second kappa shape index (κ2) is 10.6. The number of carbonyl (C=O) groups is 1. The van der Waals surface area contributed by atoms with Gasteiger partial charge in [-0.1, -0.05) is 29.8 Å². The van der Waals surface area contributed by atoms with E-state index in [9.17, 15) is 4.79 Å². The van der Waals surface area contributed by atoms with E-state index in [0.29, 0.717) is 28.3 Å². The van der Waals surface area contributed by atoms with Crippen LogP contribution in [0.2, 0.25) is 5.02 Å². The topological polar surface area (TPSA) is 95.2 Å². The minimum absolute atomic E-state index is 0.0442. The molecule has 10 heteroatoms. The minimum atomic E-state index is -0.189. The van der Waals surface area contributed by atoms with E-state index in [1.165, 1.54) is 4.88 Å².